The number of rotatable bonds is 5. The molecule has 0 bridgehead atoms. The van der Waals surface area contributed by atoms with Crippen LogP contribution in [0, 0.1) is 5.41 Å². The topological polar surface area (TPSA) is 60.9 Å². The average Bonchev–Trinajstić information content (AvgIpc) is 2.60. The largest absolute Gasteiger partial charge is 0.477 e. The van der Waals surface area contributed by atoms with E-state index >= 15 is 0 Å². The summed E-state index contributed by atoms with van der Waals surface area (Å²) in [6.45, 7) is 2.82. The molecule has 3 heterocycles. The number of hydrogen-bond acceptors (Lipinski definition) is 5. The van der Waals surface area contributed by atoms with Crippen LogP contribution < -0.4 is 4.74 Å². The fourth-order valence-electron chi connectivity index (χ4n) is 3.58. The number of likely N-dealkylation sites (tertiary alicyclic amines) is 1. The summed E-state index contributed by atoms with van der Waals surface area (Å²) in [7, 11) is 1.55. The molecular weight excluding hydrogens is 296 g/mol. The molecule has 1 aromatic heterocycles. The number of carbonyl (C=O) groups is 1. The van der Waals surface area contributed by atoms with Gasteiger partial charge in [-0.3, -0.25) is 4.79 Å². The van der Waals surface area contributed by atoms with Crippen molar-refractivity contribution >= 4 is 5.91 Å². The standard InChI is InChI=1S/C17H24N2O4/c1-21-11-16(20)19-9-6-14-17(12-19,7-4-10-22-14)13-23-15-5-2-3-8-18-15/h2-3,5,8,14H,4,6-7,9-13H2,1H3/t14-,17-/m0/s1. The van der Waals surface area contributed by atoms with Crippen molar-refractivity contribution in [1.29, 1.82) is 0 Å². The lowest BCUT2D eigenvalue weighted by atomic mass is 9.73. The predicted octanol–water partition coefficient (Wildman–Crippen LogP) is 1.50. The third-order valence-electron chi connectivity index (χ3n) is 4.75. The maximum atomic E-state index is 12.2. The minimum absolute atomic E-state index is 0.0359. The van der Waals surface area contributed by atoms with Gasteiger partial charge >= 0.3 is 0 Å². The molecule has 0 aromatic carbocycles. The van der Waals surface area contributed by atoms with Crippen LogP contribution in [-0.2, 0) is 14.3 Å². The molecule has 2 saturated heterocycles. The fourth-order valence-corrected chi connectivity index (χ4v) is 3.58. The number of nitrogens with zero attached hydrogens (tertiary/aromatic N) is 2. The van der Waals surface area contributed by atoms with Crippen LogP contribution in [0.2, 0.25) is 0 Å². The van der Waals surface area contributed by atoms with Crippen LogP contribution in [-0.4, -0.2) is 61.9 Å². The molecule has 2 fully saturated rings. The van der Waals surface area contributed by atoms with Crippen LogP contribution in [0.15, 0.2) is 24.4 Å². The number of carbonyl (C=O) groups excluding carboxylic acids is 1. The summed E-state index contributed by atoms with van der Waals surface area (Å²) in [6, 6.07) is 5.62. The zero-order valence-electron chi connectivity index (χ0n) is 13.6. The normalized spacial score (nSPS) is 27.3. The SMILES string of the molecule is COCC(=O)N1CC[C@@H]2OCCC[C@@]2(COc2ccccn2)C1. The van der Waals surface area contributed by atoms with E-state index in [0.717, 1.165) is 32.4 Å². The Bertz CT molecular complexity index is 525. The number of amides is 1. The highest BCUT2D eigenvalue weighted by molar-refractivity contribution is 5.77. The van der Waals surface area contributed by atoms with Gasteiger partial charge in [-0.25, -0.2) is 4.98 Å². The van der Waals surface area contributed by atoms with E-state index in [0.29, 0.717) is 19.0 Å². The first-order valence-electron chi connectivity index (χ1n) is 8.16. The van der Waals surface area contributed by atoms with Crippen LogP contribution >= 0.6 is 0 Å². The molecule has 2 aliphatic rings. The van der Waals surface area contributed by atoms with Gasteiger partial charge in [0.25, 0.3) is 0 Å². The molecular formula is C17H24N2O4. The Morgan fingerprint density at radius 2 is 2.43 bits per heavy atom. The Morgan fingerprint density at radius 1 is 1.52 bits per heavy atom. The van der Waals surface area contributed by atoms with Crippen LogP contribution in [0.1, 0.15) is 19.3 Å². The maximum absolute atomic E-state index is 12.2. The van der Waals surface area contributed by atoms with Crippen LogP contribution in [0.5, 0.6) is 5.88 Å². The molecule has 3 rings (SSSR count). The van der Waals surface area contributed by atoms with Crippen molar-refractivity contribution in [3.8, 4) is 5.88 Å². The van der Waals surface area contributed by atoms with E-state index < -0.39 is 0 Å². The molecule has 0 unspecified atom stereocenters. The molecule has 2 atom stereocenters. The number of fused-ring (bicyclic) bond motifs is 1. The first kappa shape index (κ1) is 16.2. The Labute approximate surface area is 136 Å². The molecule has 2 aliphatic heterocycles. The van der Waals surface area contributed by atoms with Gasteiger partial charge in [0, 0.05) is 44.5 Å². The lowest BCUT2D eigenvalue weighted by Gasteiger charge is -2.50. The Hall–Kier alpha value is -1.66. The smallest absolute Gasteiger partial charge is 0.248 e. The maximum Gasteiger partial charge on any atom is 0.248 e. The lowest BCUT2D eigenvalue weighted by molar-refractivity contribution is -0.160. The first-order valence-corrected chi connectivity index (χ1v) is 8.16. The Morgan fingerprint density at radius 3 is 3.22 bits per heavy atom. The van der Waals surface area contributed by atoms with Crippen molar-refractivity contribution in [3.63, 3.8) is 0 Å². The third kappa shape index (κ3) is 3.64. The summed E-state index contributed by atoms with van der Waals surface area (Å²) in [6.07, 6.45) is 4.71. The summed E-state index contributed by atoms with van der Waals surface area (Å²) >= 11 is 0. The number of pyridine rings is 1. The molecule has 1 amide bonds. The van der Waals surface area contributed by atoms with Gasteiger partial charge in [-0.05, 0) is 25.3 Å². The Kier molecular flexibility index (Phi) is 5.13. The number of aromatic nitrogens is 1. The van der Waals surface area contributed by atoms with Crippen LogP contribution in [0.4, 0.5) is 0 Å². The van der Waals surface area contributed by atoms with Gasteiger partial charge in [-0.1, -0.05) is 6.07 Å². The molecule has 0 aliphatic carbocycles. The molecule has 126 valence electrons. The quantitative estimate of drug-likeness (QED) is 0.823. The van der Waals surface area contributed by atoms with E-state index in [9.17, 15) is 4.79 Å². The van der Waals surface area contributed by atoms with Gasteiger partial charge in [0.05, 0.1) is 12.7 Å². The summed E-state index contributed by atoms with van der Waals surface area (Å²) in [4.78, 5) is 18.3. The predicted molar refractivity (Wildman–Crippen MR) is 84.2 cm³/mol. The van der Waals surface area contributed by atoms with Crippen molar-refractivity contribution in [3.05, 3.63) is 24.4 Å². The fraction of sp³-hybridized carbons (Fsp3) is 0.647. The highest BCUT2D eigenvalue weighted by atomic mass is 16.5. The lowest BCUT2D eigenvalue weighted by Crippen LogP contribution is -2.59. The number of methoxy groups -OCH3 is 1. The highest BCUT2D eigenvalue weighted by Gasteiger charge is 2.47. The van der Waals surface area contributed by atoms with Crippen molar-refractivity contribution < 1.29 is 19.0 Å². The zero-order chi connectivity index (χ0) is 16.1. The van der Waals surface area contributed by atoms with Gasteiger partial charge in [0.1, 0.15) is 6.61 Å². The average molecular weight is 320 g/mol. The molecule has 6 nitrogen and oxygen atoms in total. The molecule has 6 heteroatoms. The zero-order valence-corrected chi connectivity index (χ0v) is 13.6. The second-order valence-electron chi connectivity index (χ2n) is 6.32. The minimum Gasteiger partial charge on any atom is -0.477 e. The molecule has 0 saturated carbocycles. The van der Waals surface area contributed by atoms with E-state index in [2.05, 4.69) is 4.98 Å². The van der Waals surface area contributed by atoms with Gasteiger partial charge in [0.15, 0.2) is 0 Å². The van der Waals surface area contributed by atoms with Crippen molar-refractivity contribution in [2.75, 3.05) is 40.0 Å². The third-order valence-corrected chi connectivity index (χ3v) is 4.75. The second-order valence-corrected chi connectivity index (χ2v) is 6.32. The van der Waals surface area contributed by atoms with E-state index in [1.165, 1.54) is 0 Å². The number of hydrogen-bond donors (Lipinski definition) is 0. The van der Waals surface area contributed by atoms with E-state index in [1.54, 1.807) is 13.3 Å². The van der Waals surface area contributed by atoms with Crippen LogP contribution in [0.25, 0.3) is 0 Å². The summed E-state index contributed by atoms with van der Waals surface area (Å²) < 4.78 is 16.9. The van der Waals surface area contributed by atoms with E-state index in [-0.39, 0.29) is 24.0 Å². The van der Waals surface area contributed by atoms with Gasteiger partial charge in [-0.2, -0.15) is 0 Å². The molecule has 0 radical (unpaired) electrons. The van der Waals surface area contributed by atoms with Crippen molar-refractivity contribution in [1.82, 2.24) is 9.88 Å². The minimum atomic E-state index is -0.155. The van der Waals surface area contributed by atoms with Crippen molar-refractivity contribution in [2.45, 2.75) is 25.4 Å². The van der Waals surface area contributed by atoms with Gasteiger partial charge < -0.3 is 19.1 Å². The number of piperidine rings is 1. The van der Waals surface area contributed by atoms with Crippen molar-refractivity contribution in [2.24, 2.45) is 5.41 Å². The second kappa shape index (κ2) is 7.27. The molecule has 0 N–H and O–H groups in total. The Balaban J connectivity index is 1.71. The summed E-state index contributed by atoms with van der Waals surface area (Å²) in [5.74, 6) is 0.653. The highest BCUT2D eigenvalue weighted by Crippen LogP contribution is 2.40. The van der Waals surface area contributed by atoms with Crippen LogP contribution in [0.3, 0.4) is 0 Å². The van der Waals surface area contributed by atoms with E-state index in [1.807, 2.05) is 23.1 Å². The van der Waals surface area contributed by atoms with E-state index in [4.69, 9.17) is 14.2 Å². The summed E-state index contributed by atoms with van der Waals surface area (Å²) in [5, 5.41) is 0. The first-order chi connectivity index (χ1) is 11.2. The molecule has 23 heavy (non-hydrogen) atoms. The van der Waals surface area contributed by atoms with Gasteiger partial charge in [0.2, 0.25) is 11.8 Å². The monoisotopic (exact) mass is 320 g/mol. The van der Waals surface area contributed by atoms with Gasteiger partial charge in [-0.15, -0.1) is 0 Å². The summed E-state index contributed by atoms with van der Waals surface area (Å²) in [5.41, 5.74) is -0.155. The molecule has 1 aromatic rings. The number of ether oxygens (including phenoxy) is 3. The molecule has 0 spiro atoms.